The molecule has 0 aliphatic carbocycles. The maximum atomic E-state index is 12.6. The van der Waals surface area contributed by atoms with Crippen molar-refractivity contribution in [3.63, 3.8) is 0 Å². The van der Waals surface area contributed by atoms with E-state index in [0.29, 0.717) is 16.1 Å². The zero-order valence-electron chi connectivity index (χ0n) is 17.1. The van der Waals surface area contributed by atoms with E-state index in [1.54, 1.807) is 42.5 Å². The Bertz CT molecular complexity index is 1290. The predicted octanol–water partition coefficient (Wildman–Crippen LogP) is 1.48. The zero-order chi connectivity index (χ0) is 24.0. The average molecular weight is 488 g/mol. The lowest BCUT2D eigenvalue weighted by molar-refractivity contribution is -0.138. The molecular formula is C21H21N5O5S2. The Balaban J connectivity index is 1.71. The summed E-state index contributed by atoms with van der Waals surface area (Å²) in [5.74, 6) is -2.07. The molecule has 1 atom stereocenters. The zero-order valence-corrected chi connectivity index (χ0v) is 18.8. The van der Waals surface area contributed by atoms with Gasteiger partial charge in [-0.05, 0) is 30.3 Å². The van der Waals surface area contributed by atoms with Crippen molar-refractivity contribution in [3.8, 4) is 10.4 Å². The molecule has 2 aromatic carbocycles. The lowest BCUT2D eigenvalue weighted by atomic mass is 10.1. The molecule has 0 fully saturated rings. The lowest BCUT2D eigenvalue weighted by Gasteiger charge is -2.15. The molecule has 0 saturated carbocycles. The number of thiophene rings is 1. The molecule has 0 bridgehead atoms. The SMILES string of the molecule is NC(N)=Nc1ccccc1-c1ccc(C(=O)NCC(NS(=O)(=O)c2ccccc2)C(=O)O)s1. The summed E-state index contributed by atoms with van der Waals surface area (Å²) >= 11 is 1.16. The van der Waals surface area contributed by atoms with Gasteiger partial charge in [0, 0.05) is 17.0 Å². The largest absolute Gasteiger partial charge is 0.480 e. The molecule has 1 amide bonds. The first-order valence-corrected chi connectivity index (χ1v) is 11.8. The molecule has 0 spiro atoms. The molecule has 1 aromatic heterocycles. The summed E-state index contributed by atoms with van der Waals surface area (Å²) in [6.07, 6.45) is 0. The number of nitrogens with two attached hydrogens (primary N) is 2. The van der Waals surface area contributed by atoms with Crippen molar-refractivity contribution < 1.29 is 23.1 Å². The summed E-state index contributed by atoms with van der Waals surface area (Å²) in [6, 6.07) is 16.2. The van der Waals surface area contributed by atoms with Crippen LogP contribution < -0.4 is 21.5 Å². The molecule has 10 nitrogen and oxygen atoms in total. The third-order valence-corrected chi connectivity index (χ3v) is 6.97. The number of para-hydroxylation sites is 1. The van der Waals surface area contributed by atoms with Crippen LogP contribution in [0.25, 0.3) is 10.4 Å². The normalized spacial score (nSPS) is 12.0. The minimum Gasteiger partial charge on any atom is -0.480 e. The molecule has 3 rings (SSSR count). The van der Waals surface area contributed by atoms with Crippen LogP contribution in [0, 0.1) is 0 Å². The van der Waals surface area contributed by atoms with Gasteiger partial charge in [0.05, 0.1) is 15.5 Å². The van der Waals surface area contributed by atoms with Crippen LogP contribution in [0.4, 0.5) is 5.69 Å². The number of benzene rings is 2. The number of amides is 1. The Morgan fingerprint density at radius 1 is 1.00 bits per heavy atom. The Kier molecular flexibility index (Phi) is 7.43. The van der Waals surface area contributed by atoms with Crippen LogP contribution >= 0.6 is 11.3 Å². The molecule has 1 heterocycles. The molecule has 12 heteroatoms. The van der Waals surface area contributed by atoms with Gasteiger partial charge in [0.1, 0.15) is 6.04 Å². The van der Waals surface area contributed by atoms with Gasteiger partial charge in [-0.15, -0.1) is 11.3 Å². The van der Waals surface area contributed by atoms with Crippen LogP contribution in [0.1, 0.15) is 9.67 Å². The Labute approximate surface area is 194 Å². The van der Waals surface area contributed by atoms with Crippen molar-refractivity contribution in [3.05, 3.63) is 71.6 Å². The maximum absolute atomic E-state index is 12.6. The number of aliphatic imine (C=N–C) groups is 1. The summed E-state index contributed by atoms with van der Waals surface area (Å²) in [5.41, 5.74) is 12.2. The fourth-order valence-corrected chi connectivity index (χ4v) is 5.01. The number of hydrogen-bond donors (Lipinski definition) is 5. The summed E-state index contributed by atoms with van der Waals surface area (Å²) < 4.78 is 26.9. The molecule has 0 saturated heterocycles. The maximum Gasteiger partial charge on any atom is 0.323 e. The van der Waals surface area contributed by atoms with E-state index in [1.807, 2.05) is 0 Å². The molecule has 7 N–H and O–H groups in total. The second-order valence-electron chi connectivity index (χ2n) is 6.75. The number of carbonyl (C=O) groups excluding carboxylic acids is 1. The van der Waals surface area contributed by atoms with Crippen LogP contribution in [-0.2, 0) is 14.8 Å². The van der Waals surface area contributed by atoms with Crippen molar-refractivity contribution in [1.82, 2.24) is 10.0 Å². The first-order valence-electron chi connectivity index (χ1n) is 9.54. The minimum atomic E-state index is -4.08. The van der Waals surface area contributed by atoms with Gasteiger partial charge in [-0.1, -0.05) is 36.4 Å². The molecular weight excluding hydrogens is 466 g/mol. The molecule has 0 radical (unpaired) electrons. The first kappa shape index (κ1) is 23.9. The van der Waals surface area contributed by atoms with Gasteiger partial charge >= 0.3 is 5.97 Å². The molecule has 0 aliphatic heterocycles. The average Bonchev–Trinajstić information content (AvgIpc) is 3.27. The first-order chi connectivity index (χ1) is 15.7. The number of nitrogens with zero attached hydrogens (tertiary/aromatic N) is 1. The van der Waals surface area contributed by atoms with Crippen molar-refractivity contribution in [2.45, 2.75) is 10.9 Å². The number of aliphatic carboxylic acids is 1. The van der Waals surface area contributed by atoms with E-state index in [-0.39, 0.29) is 10.9 Å². The fraction of sp³-hybridized carbons (Fsp3) is 0.0952. The second-order valence-corrected chi connectivity index (χ2v) is 9.55. The third-order valence-electron chi connectivity index (χ3n) is 4.36. The van der Waals surface area contributed by atoms with Crippen LogP contribution in [0.2, 0.25) is 0 Å². The van der Waals surface area contributed by atoms with Crippen molar-refractivity contribution in [2.75, 3.05) is 6.54 Å². The van der Waals surface area contributed by atoms with Crippen LogP contribution in [-0.4, -0.2) is 43.9 Å². The highest BCUT2D eigenvalue weighted by molar-refractivity contribution is 7.89. The third kappa shape index (κ3) is 6.16. The minimum absolute atomic E-state index is 0.0788. The van der Waals surface area contributed by atoms with Gasteiger partial charge in [-0.2, -0.15) is 4.72 Å². The lowest BCUT2D eigenvalue weighted by Crippen LogP contribution is -2.48. The second kappa shape index (κ2) is 10.3. The number of rotatable bonds is 9. The van der Waals surface area contributed by atoms with Gasteiger partial charge in [0.2, 0.25) is 10.0 Å². The van der Waals surface area contributed by atoms with Gasteiger partial charge in [-0.3, -0.25) is 9.59 Å². The highest BCUT2D eigenvalue weighted by Gasteiger charge is 2.26. The number of guanidine groups is 1. The molecule has 33 heavy (non-hydrogen) atoms. The number of nitrogens with one attached hydrogen (secondary N) is 2. The monoisotopic (exact) mass is 487 g/mol. The van der Waals surface area contributed by atoms with E-state index in [9.17, 15) is 23.1 Å². The van der Waals surface area contributed by atoms with E-state index in [0.717, 1.165) is 16.2 Å². The summed E-state index contributed by atoms with van der Waals surface area (Å²) in [6.45, 7) is -0.446. The van der Waals surface area contributed by atoms with E-state index in [1.165, 1.54) is 24.3 Å². The van der Waals surface area contributed by atoms with Gasteiger partial charge in [0.25, 0.3) is 5.91 Å². The van der Waals surface area contributed by atoms with Gasteiger partial charge in [-0.25, -0.2) is 13.4 Å². The summed E-state index contributed by atoms with van der Waals surface area (Å²) in [5, 5.41) is 11.9. The standard InChI is InChI=1S/C21H21N5O5S2/c22-21(23)25-15-9-5-4-8-14(15)17-10-11-18(32-17)19(27)24-12-16(20(28)29)26-33(30,31)13-6-2-1-3-7-13/h1-11,16,26H,12H2,(H,24,27)(H,28,29)(H4,22,23,25). The van der Waals surface area contributed by atoms with Crippen molar-refractivity contribution in [1.29, 1.82) is 0 Å². The summed E-state index contributed by atoms with van der Waals surface area (Å²) in [4.78, 5) is 29.2. The number of hydrogen-bond acceptors (Lipinski definition) is 6. The smallest absolute Gasteiger partial charge is 0.323 e. The molecule has 0 aliphatic rings. The number of carbonyl (C=O) groups is 2. The summed E-state index contributed by atoms with van der Waals surface area (Å²) in [7, 11) is -4.08. The highest BCUT2D eigenvalue weighted by Crippen LogP contribution is 2.35. The van der Waals surface area contributed by atoms with Gasteiger partial charge < -0.3 is 21.9 Å². The van der Waals surface area contributed by atoms with Crippen molar-refractivity contribution >= 4 is 44.9 Å². The van der Waals surface area contributed by atoms with Crippen LogP contribution in [0.15, 0.2) is 76.6 Å². The van der Waals surface area contributed by atoms with E-state index >= 15 is 0 Å². The fourth-order valence-electron chi connectivity index (χ4n) is 2.84. The van der Waals surface area contributed by atoms with E-state index < -0.39 is 34.5 Å². The van der Waals surface area contributed by atoms with Crippen molar-refractivity contribution in [2.24, 2.45) is 16.5 Å². The van der Waals surface area contributed by atoms with E-state index in [2.05, 4.69) is 15.0 Å². The van der Waals surface area contributed by atoms with Crippen LogP contribution in [0.5, 0.6) is 0 Å². The Morgan fingerprint density at radius 3 is 2.33 bits per heavy atom. The molecule has 1 unspecified atom stereocenters. The number of carboxylic acids is 1. The Morgan fingerprint density at radius 2 is 1.67 bits per heavy atom. The van der Waals surface area contributed by atoms with E-state index in [4.69, 9.17) is 11.5 Å². The quantitative estimate of drug-likeness (QED) is 0.224. The topological polar surface area (TPSA) is 177 Å². The molecule has 3 aromatic rings. The van der Waals surface area contributed by atoms with Crippen LogP contribution in [0.3, 0.4) is 0 Å². The predicted molar refractivity (Wildman–Crippen MR) is 126 cm³/mol. The number of carboxylic acid groups (broad SMARTS) is 1. The van der Waals surface area contributed by atoms with Gasteiger partial charge in [0.15, 0.2) is 5.96 Å². The Hall–Kier alpha value is -3.74. The number of sulfonamides is 1. The molecule has 172 valence electrons. The highest BCUT2D eigenvalue weighted by atomic mass is 32.2.